The number of nitrogens with zero attached hydrogens (tertiary/aromatic N) is 1. The van der Waals surface area contributed by atoms with Crippen molar-refractivity contribution in [3.05, 3.63) is 52.2 Å². The summed E-state index contributed by atoms with van der Waals surface area (Å²) in [7, 11) is 0. The highest BCUT2D eigenvalue weighted by Gasteiger charge is 2.24. The summed E-state index contributed by atoms with van der Waals surface area (Å²) in [6.07, 6.45) is 3.44. The third-order valence-electron chi connectivity index (χ3n) is 4.48. The Morgan fingerprint density at radius 2 is 2.08 bits per heavy atom. The molecule has 0 saturated carbocycles. The molecule has 26 heavy (non-hydrogen) atoms. The van der Waals surface area contributed by atoms with Crippen molar-refractivity contribution in [2.24, 2.45) is 0 Å². The maximum absolute atomic E-state index is 12.6. The van der Waals surface area contributed by atoms with Crippen molar-refractivity contribution in [1.29, 1.82) is 0 Å². The Kier molecular flexibility index (Phi) is 8.42. The van der Waals surface area contributed by atoms with E-state index in [2.05, 4.69) is 34.7 Å². The third kappa shape index (κ3) is 5.47. The summed E-state index contributed by atoms with van der Waals surface area (Å²) in [4.78, 5) is 16.4. The first-order chi connectivity index (χ1) is 12.3. The van der Waals surface area contributed by atoms with Crippen LogP contribution in [0.15, 0.2) is 41.8 Å². The Labute approximate surface area is 166 Å². The van der Waals surface area contributed by atoms with E-state index in [1.165, 1.54) is 17.7 Å². The average Bonchev–Trinajstić information content (AvgIpc) is 3.34. The van der Waals surface area contributed by atoms with Gasteiger partial charge in [0.15, 0.2) is 0 Å². The molecule has 0 radical (unpaired) electrons. The number of ether oxygens (including phenoxy) is 1. The van der Waals surface area contributed by atoms with Gasteiger partial charge in [-0.25, -0.2) is 0 Å². The summed E-state index contributed by atoms with van der Waals surface area (Å²) in [5.74, 6) is 0.714. The SMILES string of the molecule is CCCOc1cccc(C(=O)NCC(c2cccs2)N2CCCC2)c1.Cl. The van der Waals surface area contributed by atoms with Crippen LogP contribution in [0.2, 0.25) is 0 Å². The number of benzene rings is 1. The fourth-order valence-corrected chi connectivity index (χ4v) is 4.04. The van der Waals surface area contributed by atoms with E-state index in [1.807, 2.05) is 24.3 Å². The number of hydrogen-bond donors (Lipinski definition) is 1. The van der Waals surface area contributed by atoms with Gasteiger partial charge >= 0.3 is 0 Å². The maximum atomic E-state index is 12.6. The third-order valence-corrected chi connectivity index (χ3v) is 5.45. The lowest BCUT2D eigenvalue weighted by Gasteiger charge is -2.27. The zero-order valence-electron chi connectivity index (χ0n) is 15.1. The van der Waals surface area contributed by atoms with Gasteiger partial charge in [0.1, 0.15) is 5.75 Å². The van der Waals surface area contributed by atoms with Crippen LogP contribution in [0.5, 0.6) is 5.75 Å². The molecule has 0 bridgehead atoms. The van der Waals surface area contributed by atoms with Crippen LogP contribution >= 0.6 is 23.7 Å². The van der Waals surface area contributed by atoms with Crippen LogP contribution in [0.3, 0.4) is 0 Å². The molecule has 1 aliphatic heterocycles. The van der Waals surface area contributed by atoms with E-state index in [9.17, 15) is 4.79 Å². The van der Waals surface area contributed by atoms with Crippen LogP contribution in [-0.4, -0.2) is 37.0 Å². The van der Waals surface area contributed by atoms with Gasteiger partial charge in [-0.1, -0.05) is 19.1 Å². The van der Waals surface area contributed by atoms with E-state index in [4.69, 9.17) is 4.74 Å². The molecule has 1 aliphatic rings. The number of rotatable bonds is 8. The number of nitrogens with one attached hydrogen (secondary N) is 1. The first-order valence-electron chi connectivity index (χ1n) is 9.06. The van der Waals surface area contributed by atoms with E-state index in [0.29, 0.717) is 18.7 Å². The van der Waals surface area contributed by atoms with Crippen LogP contribution < -0.4 is 10.1 Å². The number of likely N-dealkylation sites (tertiary alicyclic amines) is 1. The Hall–Kier alpha value is -1.56. The average molecular weight is 395 g/mol. The van der Waals surface area contributed by atoms with Crippen molar-refractivity contribution in [2.45, 2.75) is 32.2 Å². The molecule has 1 fully saturated rings. The molecule has 4 nitrogen and oxygen atoms in total. The number of hydrogen-bond acceptors (Lipinski definition) is 4. The highest BCUT2D eigenvalue weighted by Crippen LogP contribution is 2.28. The molecule has 1 aromatic carbocycles. The van der Waals surface area contributed by atoms with Crippen molar-refractivity contribution >= 4 is 29.7 Å². The zero-order valence-corrected chi connectivity index (χ0v) is 16.8. The Morgan fingerprint density at radius 3 is 2.77 bits per heavy atom. The topological polar surface area (TPSA) is 41.6 Å². The first kappa shape index (κ1) is 20.7. The largest absolute Gasteiger partial charge is 0.494 e. The predicted octanol–water partition coefficient (Wildman–Crippen LogP) is 4.53. The monoisotopic (exact) mass is 394 g/mol. The molecule has 1 N–H and O–H groups in total. The van der Waals surface area contributed by atoms with Crippen molar-refractivity contribution in [2.75, 3.05) is 26.2 Å². The van der Waals surface area contributed by atoms with Gasteiger partial charge in [0, 0.05) is 17.0 Å². The summed E-state index contributed by atoms with van der Waals surface area (Å²) >= 11 is 1.76. The summed E-state index contributed by atoms with van der Waals surface area (Å²) in [5.41, 5.74) is 0.653. The second-order valence-electron chi connectivity index (χ2n) is 6.36. The van der Waals surface area contributed by atoms with E-state index < -0.39 is 0 Å². The lowest BCUT2D eigenvalue weighted by atomic mass is 10.1. The van der Waals surface area contributed by atoms with Crippen LogP contribution in [0.4, 0.5) is 0 Å². The van der Waals surface area contributed by atoms with Gasteiger partial charge in [0.05, 0.1) is 12.6 Å². The van der Waals surface area contributed by atoms with E-state index in [0.717, 1.165) is 25.3 Å². The molecular formula is C20H27ClN2O2S. The number of carbonyl (C=O) groups excluding carboxylic acids is 1. The fourth-order valence-electron chi connectivity index (χ4n) is 3.18. The fraction of sp³-hybridized carbons (Fsp3) is 0.450. The normalized spacial score (nSPS) is 15.3. The molecule has 1 atom stereocenters. The van der Waals surface area contributed by atoms with E-state index >= 15 is 0 Å². The second-order valence-corrected chi connectivity index (χ2v) is 7.34. The molecule has 1 unspecified atom stereocenters. The number of carbonyl (C=O) groups is 1. The van der Waals surface area contributed by atoms with Gasteiger partial charge in [-0.05, 0) is 62.0 Å². The van der Waals surface area contributed by atoms with Gasteiger partial charge in [0.25, 0.3) is 5.91 Å². The Morgan fingerprint density at radius 1 is 1.27 bits per heavy atom. The van der Waals surface area contributed by atoms with Gasteiger partial charge in [-0.15, -0.1) is 23.7 Å². The molecular weight excluding hydrogens is 368 g/mol. The van der Waals surface area contributed by atoms with Crippen molar-refractivity contribution < 1.29 is 9.53 Å². The number of amides is 1. The quantitative estimate of drug-likeness (QED) is 0.715. The predicted molar refractivity (Wildman–Crippen MR) is 110 cm³/mol. The van der Waals surface area contributed by atoms with Crippen LogP contribution in [-0.2, 0) is 0 Å². The van der Waals surface area contributed by atoms with Crippen molar-refractivity contribution in [3.63, 3.8) is 0 Å². The molecule has 3 rings (SSSR count). The minimum Gasteiger partial charge on any atom is -0.494 e. The van der Waals surface area contributed by atoms with E-state index in [-0.39, 0.29) is 24.4 Å². The van der Waals surface area contributed by atoms with Crippen molar-refractivity contribution in [3.8, 4) is 5.75 Å². The highest BCUT2D eigenvalue weighted by atomic mass is 35.5. The summed E-state index contributed by atoms with van der Waals surface area (Å²) in [6.45, 7) is 5.59. The number of thiophene rings is 1. The molecule has 1 amide bonds. The Bertz CT molecular complexity index is 672. The first-order valence-corrected chi connectivity index (χ1v) is 9.94. The molecule has 142 valence electrons. The lowest BCUT2D eigenvalue weighted by molar-refractivity contribution is 0.0938. The van der Waals surface area contributed by atoms with Gasteiger partial charge in [0.2, 0.25) is 0 Å². The second kappa shape index (κ2) is 10.6. The van der Waals surface area contributed by atoms with Gasteiger partial charge in [-0.3, -0.25) is 9.69 Å². The van der Waals surface area contributed by atoms with Crippen LogP contribution in [0, 0.1) is 0 Å². The minimum absolute atomic E-state index is 0. The smallest absolute Gasteiger partial charge is 0.251 e. The molecule has 1 aromatic heterocycles. The highest BCUT2D eigenvalue weighted by molar-refractivity contribution is 7.10. The van der Waals surface area contributed by atoms with E-state index in [1.54, 1.807) is 11.3 Å². The zero-order chi connectivity index (χ0) is 17.5. The Balaban J connectivity index is 0.00000243. The molecule has 2 aromatic rings. The molecule has 6 heteroatoms. The van der Waals surface area contributed by atoms with Gasteiger partial charge < -0.3 is 10.1 Å². The molecule has 2 heterocycles. The maximum Gasteiger partial charge on any atom is 0.251 e. The van der Waals surface area contributed by atoms with Crippen molar-refractivity contribution in [1.82, 2.24) is 10.2 Å². The molecule has 0 spiro atoms. The van der Waals surface area contributed by atoms with Gasteiger partial charge in [-0.2, -0.15) is 0 Å². The summed E-state index contributed by atoms with van der Waals surface area (Å²) in [6, 6.07) is 11.9. The summed E-state index contributed by atoms with van der Waals surface area (Å²) < 4.78 is 5.63. The van der Waals surface area contributed by atoms with Crippen LogP contribution in [0.1, 0.15) is 47.5 Å². The lowest BCUT2D eigenvalue weighted by Crippen LogP contribution is -2.36. The minimum atomic E-state index is -0.0392. The molecule has 1 saturated heterocycles. The standard InChI is InChI=1S/C20H26N2O2S.ClH/c1-2-12-24-17-8-5-7-16(14-17)20(23)21-15-18(19-9-6-13-25-19)22-10-3-4-11-22;/h5-9,13-14,18H,2-4,10-12,15H2,1H3,(H,21,23);1H. The van der Waals surface area contributed by atoms with Crippen LogP contribution in [0.25, 0.3) is 0 Å². The molecule has 0 aliphatic carbocycles. The summed E-state index contributed by atoms with van der Waals surface area (Å²) in [5, 5.41) is 5.22. The number of halogens is 1.